The number of aromatic nitrogens is 2. The number of nitrogens with zero attached hydrogens (tertiary/aromatic N) is 3. The lowest BCUT2D eigenvalue weighted by atomic mass is 10.5. The highest BCUT2D eigenvalue weighted by Gasteiger charge is 2.15. The van der Waals surface area contributed by atoms with Gasteiger partial charge in [-0.1, -0.05) is 6.92 Å². The van der Waals surface area contributed by atoms with E-state index >= 15 is 0 Å². The molecule has 1 aromatic rings. The lowest BCUT2D eigenvalue weighted by Crippen LogP contribution is -2.32. The van der Waals surface area contributed by atoms with Gasteiger partial charge in [0.1, 0.15) is 4.90 Å². The summed E-state index contributed by atoms with van der Waals surface area (Å²) in [5, 5.41) is 3.94. The Kier molecular flexibility index (Phi) is 5.73. The van der Waals surface area contributed by atoms with Crippen molar-refractivity contribution in [2.75, 3.05) is 33.2 Å². The molecule has 0 aromatic carbocycles. The van der Waals surface area contributed by atoms with Gasteiger partial charge in [0.05, 0.1) is 12.7 Å². The van der Waals surface area contributed by atoms with Crippen molar-refractivity contribution >= 4 is 10.0 Å². The van der Waals surface area contributed by atoms with Gasteiger partial charge in [0.25, 0.3) is 0 Å². The summed E-state index contributed by atoms with van der Waals surface area (Å²) in [6.45, 7) is 4.90. The Balaban J connectivity index is 2.56. The number of rotatable bonds is 8. The van der Waals surface area contributed by atoms with Crippen LogP contribution in [0, 0.1) is 0 Å². The number of hydrogen-bond acceptors (Lipinski definition) is 5. The van der Waals surface area contributed by atoms with Crippen LogP contribution in [0.3, 0.4) is 0 Å². The van der Waals surface area contributed by atoms with E-state index in [9.17, 15) is 8.42 Å². The minimum atomic E-state index is -3.46. The predicted molar refractivity (Wildman–Crippen MR) is 69.6 cm³/mol. The summed E-state index contributed by atoms with van der Waals surface area (Å²) in [7, 11) is -1.52. The van der Waals surface area contributed by atoms with Crippen molar-refractivity contribution in [1.29, 1.82) is 0 Å². The molecular formula is C10H21N5O2S. The minimum Gasteiger partial charge on any atom is -0.329 e. The maximum absolute atomic E-state index is 11.9. The lowest BCUT2D eigenvalue weighted by molar-refractivity contribution is 0.358. The second-order valence-electron chi connectivity index (χ2n) is 4.02. The molecule has 0 fully saturated rings. The van der Waals surface area contributed by atoms with Crippen molar-refractivity contribution in [2.24, 2.45) is 5.73 Å². The molecule has 0 saturated carbocycles. The van der Waals surface area contributed by atoms with E-state index in [1.165, 1.54) is 17.1 Å². The van der Waals surface area contributed by atoms with E-state index in [4.69, 9.17) is 5.73 Å². The first kappa shape index (κ1) is 15.1. The first-order valence-corrected chi connectivity index (χ1v) is 7.38. The summed E-state index contributed by atoms with van der Waals surface area (Å²) < 4.78 is 27.9. The van der Waals surface area contributed by atoms with Gasteiger partial charge in [0, 0.05) is 25.8 Å². The van der Waals surface area contributed by atoms with Crippen molar-refractivity contribution in [3.8, 4) is 0 Å². The fourth-order valence-electron chi connectivity index (χ4n) is 1.35. The van der Waals surface area contributed by atoms with Crippen LogP contribution in [0.25, 0.3) is 0 Å². The van der Waals surface area contributed by atoms with Crippen molar-refractivity contribution in [3.63, 3.8) is 0 Å². The number of sulfonamides is 1. The molecule has 0 amide bonds. The van der Waals surface area contributed by atoms with E-state index in [-0.39, 0.29) is 4.90 Å². The number of likely N-dealkylation sites (N-methyl/N-ethyl adjacent to an activating group) is 1. The first-order valence-electron chi connectivity index (χ1n) is 5.90. The normalized spacial score (nSPS) is 12.2. The fraction of sp³-hybridized carbons (Fsp3) is 0.700. The van der Waals surface area contributed by atoms with Crippen LogP contribution in [0.2, 0.25) is 0 Å². The topological polar surface area (TPSA) is 93.2 Å². The van der Waals surface area contributed by atoms with Crippen LogP contribution in [-0.2, 0) is 16.6 Å². The zero-order chi connectivity index (χ0) is 13.6. The van der Waals surface area contributed by atoms with Gasteiger partial charge in [-0.2, -0.15) is 5.10 Å². The van der Waals surface area contributed by atoms with Gasteiger partial charge in [0.2, 0.25) is 10.0 Å². The van der Waals surface area contributed by atoms with Gasteiger partial charge < -0.3 is 10.6 Å². The molecule has 18 heavy (non-hydrogen) atoms. The van der Waals surface area contributed by atoms with Crippen LogP contribution in [0.4, 0.5) is 0 Å². The molecule has 104 valence electrons. The molecule has 0 unspecified atom stereocenters. The largest absolute Gasteiger partial charge is 0.329 e. The zero-order valence-electron chi connectivity index (χ0n) is 10.8. The van der Waals surface area contributed by atoms with Gasteiger partial charge in [-0.3, -0.25) is 4.68 Å². The fourth-order valence-corrected chi connectivity index (χ4v) is 2.32. The number of nitrogens with one attached hydrogen (secondary N) is 1. The Labute approximate surface area is 108 Å². The molecule has 8 heteroatoms. The molecule has 7 nitrogen and oxygen atoms in total. The molecule has 1 aromatic heterocycles. The van der Waals surface area contributed by atoms with Crippen LogP contribution in [-0.4, -0.2) is 56.3 Å². The van der Waals surface area contributed by atoms with E-state index in [0.29, 0.717) is 26.2 Å². The summed E-state index contributed by atoms with van der Waals surface area (Å²) in [4.78, 5) is 2.20. The van der Waals surface area contributed by atoms with Crippen LogP contribution in [0.5, 0.6) is 0 Å². The molecule has 0 bridgehead atoms. The molecule has 0 saturated heterocycles. The third-order valence-corrected chi connectivity index (χ3v) is 4.02. The molecule has 0 aliphatic carbocycles. The molecule has 0 spiro atoms. The van der Waals surface area contributed by atoms with E-state index in [1.54, 1.807) is 0 Å². The molecule has 1 heterocycles. The molecule has 0 radical (unpaired) electrons. The van der Waals surface area contributed by atoms with E-state index in [0.717, 1.165) is 6.54 Å². The molecule has 3 N–H and O–H groups in total. The monoisotopic (exact) mass is 275 g/mol. The second kappa shape index (κ2) is 6.83. The predicted octanol–water partition coefficient (Wildman–Crippen LogP) is -0.928. The van der Waals surface area contributed by atoms with Crippen LogP contribution in [0.1, 0.15) is 6.92 Å². The summed E-state index contributed by atoms with van der Waals surface area (Å²) in [6.07, 6.45) is 2.82. The van der Waals surface area contributed by atoms with Crippen molar-refractivity contribution in [1.82, 2.24) is 19.4 Å². The Morgan fingerprint density at radius 2 is 2.28 bits per heavy atom. The van der Waals surface area contributed by atoms with Gasteiger partial charge in [-0.05, 0) is 13.6 Å². The molecule has 0 atom stereocenters. The zero-order valence-corrected chi connectivity index (χ0v) is 11.7. The van der Waals surface area contributed by atoms with E-state index in [1.807, 2.05) is 18.9 Å². The maximum Gasteiger partial charge on any atom is 0.243 e. The molecule has 0 aliphatic rings. The average Bonchev–Trinajstić information content (AvgIpc) is 2.78. The van der Waals surface area contributed by atoms with Gasteiger partial charge in [0.15, 0.2) is 0 Å². The Morgan fingerprint density at radius 1 is 1.56 bits per heavy atom. The van der Waals surface area contributed by atoms with Gasteiger partial charge >= 0.3 is 0 Å². The smallest absolute Gasteiger partial charge is 0.243 e. The molecular weight excluding hydrogens is 254 g/mol. The van der Waals surface area contributed by atoms with Gasteiger partial charge in [-0.15, -0.1) is 0 Å². The standard InChI is InChI=1S/C10H21N5O2S/c1-3-14(2)7-5-13-18(16,17)10-8-12-15(9-10)6-4-11/h8-9,13H,3-7,11H2,1-2H3. The SMILES string of the molecule is CCN(C)CCNS(=O)(=O)c1cnn(CCN)c1. The van der Waals surface area contributed by atoms with E-state index < -0.39 is 10.0 Å². The summed E-state index contributed by atoms with van der Waals surface area (Å²) >= 11 is 0. The minimum absolute atomic E-state index is 0.176. The van der Waals surface area contributed by atoms with Crippen LogP contribution >= 0.6 is 0 Å². The number of hydrogen-bond donors (Lipinski definition) is 2. The second-order valence-corrected chi connectivity index (χ2v) is 5.79. The third kappa shape index (κ3) is 4.37. The highest BCUT2D eigenvalue weighted by atomic mass is 32.2. The Morgan fingerprint density at radius 3 is 2.89 bits per heavy atom. The maximum atomic E-state index is 11.9. The van der Waals surface area contributed by atoms with Crippen molar-refractivity contribution < 1.29 is 8.42 Å². The summed E-state index contributed by atoms with van der Waals surface area (Å²) in [5.41, 5.74) is 5.38. The lowest BCUT2D eigenvalue weighted by Gasteiger charge is -2.13. The highest BCUT2D eigenvalue weighted by Crippen LogP contribution is 2.06. The third-order valence-electron chi connectivity index (χ3n) is 2.60. The van der Waals surface area contributed by atoms with Crippen molar-refractivity contribution in [3.05, 3.63) is 12.4 Å². The van der Waals surface area contributed by atoms with Crippen LogP contribution < -0.4 is 10.5 Å². The summed E-state index contributed by atoms with van der Waals surface area (Å²) in [5.74, 6) is 0. The Hall–Kier alpha value is -0.960. The van der Waals surface area contributed by atoms with E-state index in [2.05, 4.69) is 9.82 Å². The Bertz CT molecular complexity index is 457. The highest BCUT2D eigenvalue weighted by molar-refractivity contribution is 7.89. The van der Waals surface area contributed by atoms with Gasteiger partial charge in [-0.25, -0.2) is 13.1 Å². The number of nitrogens with two attached hydrogens (primary N) is 1. The summed E-state index contributed by atoms with van der Waals surface area (Å²) in [6, 6.07) is 0. The van der Waals surface area contributed by atoms with Crippen LogP contribution in [0.15, 0.2) is 17.3 Å². The molecule has 0 aliphatic heterocycles. The average molecular weight is 275 g/mol. The first-order chi connectivity index (χ1) is 8.49. The quantitative estimate of drug-likeness (QED) is 0.639. The van der Waals surface area contributed by atoms with Crippen molar-refractivity contribution in [2.45, 2.75) is 18.4 Å². The molecule has 1 rings (SSSR count).